The van der Waals surface area contributed by atoms with E-state index in [1.54, 1.807) is 6.08 Å². The van der Waals surface area contributed by atoms with Gasteiger partial charge in [-0.05, 0) is 31.6 Å². The number of amides is 1. The molecule has 0 unspecified atom stereocenters. The zero-order chi connectivity index (χ0) is 20.8. The number of nitrogens with one attached hydrogen (secondary N) is 1. The number of rotatable bonds is 14. The summed E-state index contributed by atoms with van der Waals surface area (Å²) in [6, 6.07) is 0. The van der Waals surface area contributed by atoms with Crippen LogP contribution in [-0.2, 0) is 4.79 Å². The molecule has 0 spiro atoms. The van der Waals surface area contributed by atoms with Gasteiger partial charge in [-0.1, -0.05) is 50.5 Å². The first kappa shape index (κ1) is 24.8. The average Bonchev–Trinajstić information content (AvgIpc) is 2.94. The largest absolute Gasteiger partial charge is 0.395 e. The highest BCUT2D eigenvalue weighted by Gasteiger charge is 2.39. The van der Waals surface area contributed by atoms with Crippen LogP contribution in [0.15, 0.2) is 24.3 Å². The topological polar surface area (TPSA) is 110 Å². The van der Waals surface area contributed by atoms with Crippen molar-refractivity contribution in [3.8, 4) is 0 Å². The van der Waals surface area contributed by atoms with Crippen molar-refractivity contribution in [2.45, 2.75) is 83.0 Å². The van der Waals surface area contributed by atoms with E-state index in [1.165, 1.54) is 0 Å². The fraction of sp³-hybridized carbons (Fsp3) is 0.773. The molecule has 0 saturated heterocycles. The number of aliphatic hydroxyl groups excluding tert-OH is 4. The van der Waals surface area contributed by atoms with E-state index >= 15 is 0 Å². The lowest BCUT2D eigenvalue weighted by Gasteiger charge is -2.19. The van der Waals surface area contributed by atoms with E-state index in [9.17, 15) is 20.1 Å². The van der Waals surface area contributed by atoms with E-state index in [0.29, 0.717) is 25.8 Å². The Hall–Kier alpha value is -1.21. The molecule has 0 aromatic rings. The lowest BCUT2D eigenvalue weighted by atomic mass is 9.89. The molecule has 6 nitrogen and oxygen atoms in total. The second-order valence-corrected chi connectivity index (χ2v) is 7.73. The molecule has 0 aromatic heterocycles. The molecule has 0 aromatic carbocycles. The molecular formula is C22H39NO5. The molecule has 1 saturated carbocycles. The van der Waals surface area contributed by atoms with Crippen molar-refractivity contribution < 1.29 is 25.2 Å². The Morgan fingerprint density at radius 1 is 1.18 bits per heavy atom. The molecule has 1 fully saturated rings. The quantitative estimate of drug-likeness (QED) is 0.228. The van der Waals surface area contributed by atoms with Crippen LogP contribution in [0.3, 0.4) is 0 Å². The molecule has 1 amide bonds. The first-order chi connectivity index (χ1) is 13.5. The third kappa shape index (κ3) is 9.82. The smallest absolute Gasteiger partial charge is 0.220 e. The van der Waals surface area contributed by atoms with Gasteiger partial charge in [0, 0.05) is 25.3 Å². The first-order valence-electron chi connectivity index (χ1n) is 10.7. The monoisotopic (exact) mass is 397 g/mol. The SMILES string of the molecule is CCCCC[C@H](O)/C=C/[C@@H]1[C@H](C/C=C\CCCC(=O)NCCO)[C@@H](O)C[C@H]1O. The van der Waals surface area contributed by atoms with E-state index in [2.05, 4.69) is 12.2 Å². The first-order valence-corrected chi connectivity index (χ1v) is 10.7. The van der Waals surface area contributed by atoms with E-state index in [-0.39, 0.29) is 24.3 Å². The molecule has 0 radical (unpaired) electrons. The van der Waals surface area contributed by atoms with Gasteiger partial charge in [-0.2, -0.15) is 0 Å². The lowest BCUT2D eigenvalue weighted by molar-refractivity contribution is -0.121. The van der Waals surface area contributed by atoms with Crippen molar-refractivity contribution >= 4 is 5.91 Å². The molecule has 1 rings (SSSR count). The Kier molecular flexibility index (Phi) is 13.1. The maximum atomic E-state index is 11.4. The van der Waals surface area contributed by atoms with Gasteiger partial charge in [0.25, 0.3) is 0 Å². The Bertz CT molecular complexity index is 480. The Labute approximate surface area is 169 Å². The van der Waals surface area contributed by atoms with Gasteiger partial charge in [-0.15, -0.1) is 0 Å². The summed E-state index contributed by atoms with van der Waals surface area (Å²) >= 11 is 0. The van der Waals surface area contributed by atoms with E-state index < -0.39 is 18.3 Å². The summed E-state index contributed by atoms with van der Waals surface area (Å²) in [5.41, 5.74) is 0. The van der Waals surface area contributed by atoms with Crippen LogP contribution in [-0.4, -0.2) is 57.8 Å². The minimum absolute atomic E-state index is 0.0490. The maximum absolute atomic E-state index is 11.4. The van der Waals surface area contributed by atoms with Crippen LogP contribution in [0.25, 0.3) is 0 Å². The van der Waals surface area contributed by atoms with E-state index in [4.69, 9.17) is 5.11 Å². The summed E-state index contributed by atoms with van der Waals surface area (Å²) < 4.78 is 0. The molecular weight excluding hydrogens is 358 g/mol. The molecule has 1 aliphatic carbocycles. The van der Waals surface area contributed by atoms with Crippen molar-refractivity contribution in [3.05, 3.63) is 24.3 Å². The van der Waals surface area contributed by atoms with Crippen molar-refractivity contribution in [1.29, 1.82) is 0 Å². The molecule has 5 N–H and O–H groups in total. The Morgan fingerprint density at radius 3 is 2.68 bits per heavy atom. The molecule has 162 valence electrons. The third-order valence-corrected chi connectivity index (χ3v) is 5.36. The third-order valence-electron chi connectivity index (χ3n) is 5.36. The number of carbonyl (C=O) groups excluding carboxylic acids is 1. The minimum atomic E-state index is -0.581. The minimum Gasteiger partial charge on any atom is -0.395 e. The summed E-state index contributed by atoms with van der Waals surface area (Å²) in [5, 5.41) is 41.8. The molecule has 0 bridgehead atoms. The van der Waals surface area contributed by atoms with Crippen LogP contribution in [0, 0.1) is 11.8 Å². The van der Waals surface area contributed by atoms with E-state index in [0.717, 1.165) is 38.5 Å². The van der Waals surface area contributed by atoms with Crippen molar-refractivity contribution in [2.75, 3.05) is 13.2 Å². The van der Waals surface area contributed by atoms with Gasteiger partial charge in [0.2, 0.25) is 5.91 Å². The van der Waals surface area contributed by atoms with E-state index in [1.807, 2.05) is 18.2 Å². The molecule has 1 aliphatic rings. The molecule has 28 heavy (non-hydrogen) atoms. The summed E-state index contributed by atoms with van der Waals surface area (Å²) in [7, 11) is 0. The Balaban J connectivity index is 2.39. The van der Waals surface area contributed by atoms with Crippen LogP contribution in [0.1, 0.15) is 64.7 Å². The van der Waals surface area contributed by atoms with Gasteiger partial charge >= 0.3 is 0 Å². The second-order valence-electron chi connectivity index (χ2n) is 7.73. The van der Waals surface area contributed by atoms with Crippen molar-refractivity contribution in [3.63, 3.8) is 0 Å². The normalized spacial score (nSPS) is 26.3. The van der Waals surface area contributed by atoms with Crippen molar-refractivity contribution in [1.82, 2.24) is 5.32 Å². The van der Waals surface area contributed by atoms with Crippen LogP contribution < -0.4 is 5.32 Å². The fourth-order valence-corrected chi connectivity index (χ4v) is 3.70. The second kappa shape index (κ2) is 14.7. The zero-order valence-electron chi connectivity index (χ0n) is 17.2. The Morgan fingerprint density at radius 2 is 1.96 bits per heavy atom. The number of hydrogen-bond donors (Lipinski definition) is 5. The number of hydrogen-bond acceptors (Lipinski definition) is 5. The predicted molar refractivity (Wildman–Crippen MR) is 111 cm³/mol. The number of carbonyl (C=O) groups is 1. The molecule has 0 heterocycles. The summed E-state index contributed by atoms with van der Waals surface area (Å²) in [4.78, 5) is 11.4. The van der Waals surface area contributed by atoms with Gasteiger partial charge in [0.15, 0.2) is 0 Å². The fourth-order valence-electron chi connectivity index (χ4n) is 3.70. The average molecular weight is 398 g/mol. The van der Waals surface area contributed by atoms with Crippen molar-refractivity contribution in [2.24, 2.45) is 11.8 Å². The van der Waals surface area contributed by atoms with Gasteiger partial charge in [-0.25, -0.2) is 0 Å². The van der Waals surface area contributed by atoms with Gasteiger partial charge < -0.3 is 25.7 Å². The van der Waals surface area contributed by atoms with Gasteiger partial charge in [0.1, 0.15) is 0 Å². The highest BCUT2D eigenvalue weighted by atomic mass is 16.3. The maximum Gasteiger partial charge on any atom is 0.220 e. The van der Waals surface area contributed by atoms with Gasteiger partial charge in [-0.3, -0.25) is 4.79 Å². The highest BCUT2D eigenvalue weighted by Crippen LogP contribution is 2.36. The van der Waals surface area contributed by atoms with Crippen LogP contribution >= 0.6 is 0 Å². The predicted octanol–water partition coefficient (Wildman–Crippen LogP) is 2.07. The molecule has 6 heteroatoms. The lowest BCUT2D eigenvalue weighted by Crippen LogP contribution is -2.25. The summed E-state index contributed by atoms with van der Waals surface area (Å²) in [6.45, 7) is 2.37. The molecule has 0 aliphatic heterocycles. The number of aliphatic hydroxyl groups is 4. The van der Waals surface area contributed by atoms with Crippen LogP contribution in [0.2, 0.25) is 0 Å². The summed E-state index contributed by atoms with van der Waals surface area (Å²) in [5.74, 6) is -0.262. The summed E-state index contributed by atoms with van der Waals surface area (Å²) in [6.07, 6.45) is 12.9. The number of allylic oxidation sites excluding steroid dienone is 2. The highest BCUT2D eigenvalue weighted by molar-refractivity contribution is 5.75. The van der Waals surface area contributed by atoms with Crippen LogP contribution in [0.4, 0.5) is 0 Å². The van der Waals surface area contributed by atoms with Crippen LogP contribution in [0.5, 0.6) is 0 Å². The standard InChI is InChI=1S/C22H39NO5/c1-2-3-6-9-17(25)12-13-19-18(20(26)16-21(19)27)10-7-4-5-8-11-22(28)23-14-15-24/h4,7,12-13,17-21,24-27H,2-3,5-6,8-11,14-16H2,1H3,(H,23,28)/b7-4-,13-12+/t17-,18-,19+,20-,21+/m0/s1. The molecule has 5 atom stereocenters. The number of unbranched alkanes of at least 4 members (excludes halogenated alkanes) is 3. The van der Waals surface area contributed by atoms with Gasteiger partial charge in [0.05, 0.1) is 24.9 Å². The zero-order valence-corrected chi connectivity index (χ0v) is 17.2.